The van der Waals surface area contributed by atoms with Gasteiger partial charge in [-0.2, -0.15) is 0 Å². The number of hydrogen-bond donors (Lipinski definition) is 1. The number of hydrogen-bond acceptors (Lipinski definition) is 5. The highest BCUT2D eigenvalue weighted by atomic mass is 16.5. The number of H-pyrrole nitrogens is 1. The molecule has 0 fully saturated rings. The van der Waals surface area contributed by atoms with Crippen molar-refractivity contribution in [2.75, 3.05) is 6.61 Å². The van der Waals surface area contributed by atoms with Crippen molar-refractivity contribution in [1.82, 2.24) is 23.7 Å². The topological polar surface area (TPSA) is 104 Å². The number of ether oxygens (including phenoxy) is 1. The van der Waals surface area contributed by atoms with Crippen molar-refractivity contribution in [2.24, 2.45) is 14.1 Å². The Bertz CT molecular complexity index is 1310. The number of carbonyl (C=O) groups excluding carboxylic acids is 1. The van der Waals surface area contributed by atoms with E-state index in [0.717, 1.165) is 21.0 Å². The van der Waals surface area contributed by atoms with Gasteiger partial charge in [0, 0.05) is 31.2 Å². The molecule has 0 atom stereocenters. The molecule has 0 aliphatic rings. The Morgan fingerprint density at radius 1 is 1.18 bits per heavy atom. The number of benzene rings is 1. The van der Waals surface area contributed by atoms with Gasteiger partial charge < -0.3 is 14.3 Å². The van der Waals surface area contributed by atoms with Gasteiger partial charge in [-0.3, -0.25) is 18.7 Å². The predicted molar refractivity (Wildman–Crippen MR) is 103 cm³/mol. The molecule has 0 saturated heterocycles. The molecule has 0 unspecified atom stereocenters. The lowest BCUT2D eigenvalue weighted by molar-refractivity contribution is -0.143. The maximum atomic E-state index is 12.4. The molecule has 9 heteroatoms. The zero-order valence-electron chi connectivity index (χ0n) is 15.5. The summed E-state index contributed by atoms with van der Waals surface area (Å²) in [7, 11) is 2.98. The highest BCUT2D eigenvalue weighted by molar-refractivity contribution is 5.87. The standard InChI is InChI=1S/C19H19N5O4/c1-22-17-16(18(26)23(2)19(22)27)24(11-21-17)7-8-28-15(25)9-12-10-20-14-6-4-3-5-13(12)14/h3-6,10-11,20H,7-9H2,1-2H3. The van der Waals surface area contributed by atoms with Gasteiger partial charge >= 0.3 is 11.7 Å². The van der Waals surface area contributed by atoms with Crippen LogP contribution in [0.5, 0.6) is 0 Å². The van der Waals surface area contributed by atoms with E-state index in [0.29, 0.717) is 11.2 Å². The second-order valence-corrected chi connectivity index (χ2v) is 6.57. The highest BCUT2D eigenvalue weighted by Gasteiger charge is 2.15. The molecule has 4 rings (SSSR count). The Hall–Kier alpha value is -3.62. The lowest BCUT2D eigenvalue weighted by Crippen LogP contribution is -2.37. The maximum Gasteiger partial charge on any atom is 0.332 e. The monoisotopic (exact) mass is 381 g/mol. The summed E-state index contributed by atoms with van der Waals surface area (Å²) in [5, 5.41) is 0.990. The molecule has 0 aliphatic carbocycles. The molecule has 0 radical (unpaired) electrons. The minimum atomic E-state index is -0.437. The summed E-state index contributed by atoms with van der Waals surface area (Å²) in [5.41, 5.74) is 1.58. The zero-order chi connectivity index (χ0) is 19.8. The summed E-state index contributed by atoms with van der Waals surface area (Å²) >= 11 is 0. The number of carbonyl (C=O) groups is 1. The number of para-hydroxylation sites is 1. The third-order valence-electron chi connectivity index (χ3n) is 4.82. The molecule has 1 aromatic carbocycles. The molecule has 9 nitrogen and oxygen atoms in total. The van der Waals surface area contributed by atoms with Crippen LogP contribution in [0.25, 0.3) is 22.1 Å². The van der Waals surface area contributed by atoms with Crippen LogP contribution in [0, 0.1) is 0 Å². The molecule has 0 bridgehead atoms. The van der Waals surface area contributed by atoms with Crippen molar-refractivity contribution in [2.45, 2.75) is 13.0 Å². The Kier molecular flexibility index (Phi) is 4.34. The van der Waals surface area contributed by atoms with E-state index in [-0.39, 0.29) is 25.5 Å². The summed E-state index contributed by atoms with van der Waals surface area (Å²) < 4.78 is 9.27. The number of imidazole rings is 1. The van der Waals surface area contributed by atoms with Crippen molar-refractivity contribution >= 4 is 28.0 Å². The average Bonchev–Trinajstić information content (AvgIpc) is 3.29. The van der Waals surface area contributed by atoms with Crippen molar-refractivity contribution in [1.29, 1.82) is 0 Å². The molecule has 3 heterocycles. The molecule has 0 amide bonds. The lowest BCUT2D eigenvalue weighted by atomic mass is 10.1. The van der Waals surface area contributed by atoms with Crippen LogP contribution >= 0.6 is 0 Å². The number of nitrogens with zero attached hydrogens (tertiary/aromatic N) is 4. The Balaban J connectivity index is 1.46. The average molecular weight is 381 g/mol. The van der Waals surface area contributed by atoms with Crippen LogP contribution in [0.3, 0.4) is 0 Å². The number of rotatable bonds is 5. The van der Waals surface area contributed by atoms with Gasteiger partial charge in [0.15, 0.2) is 11.2 Å². The normalized spacial score (nSPS) is 11.4. The van der Waals surface area contributed by atoms with Crippen molar-refractivity contribution in [3.63, 3.8) is 0 Å². The summed E-state index contributed by atoms with van der Waals surface area (Å²) in [5.74, 6) is -0.352. The van der Waals surface area contributed by atoms with Crippen LogP contribution in [0.2, 0.25) is 0 Å². The van der Waals surface area contributed by atoms with E-state index in [1.807, 2.05) is 24.3 Å². The first-order valence-corrected chi connectivity index (χ1v) is 8.79. The summed E-state index contributed by atoms with van der Waals surface area (Å²) in [6.07, 6.45) is 3.43. The Morgan fingerprint density at radius 2 is 1.96 bits per heavy atom. The van der Waals surface area contributed by atoms with Gasteiger partial charge in [0.05, 0.1) is 19.3 Å². The smallest absolute Gasteiger partial charge is 0.332 e. The third-order valence-corrected chi connectivity index (χ3v) is 4.82. The van der Waals surface area contributed by atoms with E-state index in [2.05, 4.69) is 9.97 Å². The zero-order valence-corrected chi connectivity index (χ0v) is 15.5. The fourth-order valence-corrected chi connectivity index (χ4v) is 3.31. The molecule has 4 aromatic rings. The van der Waals surface area contributed by atoms with Crippen LogP contribution in [0.1, 0.15) is 5.56 Å². The van der Waals surface area contributed by atoms with Gasteiger partial charge in [-0.05, 0) is 11.6 Å². The molecule has 28 heavy (non-hydrogen) atoms. The maximum absolute atomic E-state index is 12.4. The largest absolute Gasteiger partial charge is 0.464 e. The highest BCUT2D eigenvalue weighted by Crippen LogP contribution is 2.18. The number of aryl methyl sites for hydroxylation is 1. The third kappa shape index (κ3) is 2.90. The number of aromatic amines is 1. The van der Waals surface area contributed by atoms with Crippen LogP contribution in [0.4, 0.5) is 0 Å². The Labute approximate surface area is 158 Å². The van der Waals surface area contributed by atoms with Gasteiger partial charge in [0.1, 0.15) is 6.61 Å². The van der Waals surface area contributed by atoms with Crippen LogP contribution in [-0.2, 0) is 36.6 Å². The first-order chi connectivity index (χ1) is 13.5. The van der Waals surface area contributed by atoms with E-state index in [1.54, 1.807) is 17.8 Å². The van der Waals surface area contributed by atoms with Crippen molar-refractivity contribution in [3.05, 3.63) is 63.2 Å². The Morgan fingerprint density at radius 3 is 2.79 bits per heavy atom. The SMILES string of the molecule is Cn1c(=O)c2c(ncn2CCOC(=O)Cc2c[nH]c3ccccc23)n(C)c1=O. The van der Waals surface area contributed by atoms with E-state index in [4.69, 9.17) is 4.74 Å². The molecule has 0 saturated carbocycles. The quantitative estimate of drug-likeness (QED) is 0.513. The summed E-state index contributed by atoms with van der Waals surface area (Å²) in [6.45, 7) is 0.363. The van der Waals surface area contributed by atoms with Crippen LogP contribution in [0.15, 0.2) is 46.4 Å². The molecule has 0 aliphatic heterocycles. The van der Waals surface area contributed by atoms with E-state index in [9.17, 15) is 14.4 Å². The molecular weight excluding hydrogens is 362 g/mol. The van der Waals surface area contributed by atoms with Crippen molar-refractivity contribution in [3.8, 4) is 0 Å². The lowest BCUT2D eigenvalue weighted by Gasteiger charge is -2.08. The summed E-state index contributed by atoms with van der Waals surface area (Å²) in [4.78, 5) is 43.8. The van der Waals surface area contributed by atoms with Crippen molar-refractivity contribution < 1.29 is 9.53 Å². The van der Waals surface area contributed by atoms with Gasteiger partial charge in [0.25, 0.3) is 5.56 Å². The fourth-order valence-electron chi connectivity index (χ4n) is 3.31. The summed E-state index contributed by atoms with van der Waals surface area (Å²) in [6, 6.07) is 7.74. The minimum Gasteiger partial charge on any atom is -0.464 e. The second-order valence-electron chi connectivity index (χ2n) is 6.57. The van der Waals surface area contributed by atoms with Gasteiger partial charge in [-0.25, -0.2) is 9.78 Å². The number of esters is 1. The number of aromatic nitrogens is 5. The van der Waals surface area contributed by atoms with E-state index < -0.39 is 11.2 Å². The number of fused-ring (bicyclic) bond motifs is 2. The first-order valence-electron chi connectivity index (χ1n) is 8.79. The van der Waals surface area contributed by atoms with Gasteiger partial charge in [0.2, 0.25) is 0 Å². The van der Waals surface area contributed by atoms with E-state index in [1.165, 1.54) is 17.9 Å². The minimum absolute atomic E-state index is 0.0959. The fraction of sp³-hybridized carbons (Fsp3) is 0.263. The van der Waals surface area contributed by atoms with E-state index >= 15 is 0 Å². The molecule has 1 N–H and O–H groups in total. The van der Waals surface area contributed by atoms with Crippen LogP contribution in [-0.4, -0.2) is 36.2 Å². The van der Waals surface area contributed by atoms with Gasteiger partial charge in [-0.1, -0.05) is 18.2 Å². The second kappa shape index (κ2) is 6.84. The predicted octanol–water partition coefficient (Wildman–Crippen LogP) is 0.701. The molecule has 0 spiro atoms. The molecular formula is C19H19N5O4. The number of nitrogens with one attached hydrogen (secondary N) is 1. The first kappa shape index (κ1) is 17.8. The van der Waals surface area contributed by atoms with Gasteiger partial charge in [-0.15, -0.1) is 0 Å². The molecule has 3 aromatic heterocycles. The van der Waals surface area contributed by atoms with Crippen LogP contribution < -0.4 is 11.2 Å². The molecule has 144 valence electrons.